The molecule has 0 aliphatic heterocycles. The van der Waals surface area contributed by atoms with Crippen molar-refractivity contribution in [2.24, 2.45) is 0 Å². The number of hydrazine groups is 1. The fourth-order valence-electron chi connectivity index (χ4n) is 2.45. The van der Waals surface area contributed by atoms with E-state index in [0.717, 1.165) is 10.0 Å². The molecule has 3 aromatic carbocycles. The topological polar surface area (TPSA) is 87.3 Å². The van der Waals surface area contributed by atoms with E-state index >= 15 is 0 Å². The van der Waals surface area contributed by atoms with Gasteiger partial charge in [-0.25, -0.2) is 8.42 Å². The summed E-state index contributed by atoms with van der Waals surface area (Å²) < 4.78 is 28.1. The first-order valence-corrected chi connectivity index (χ1v) is 11.3. The largest absolute Gasteiger partial charge is 0.298 e. The zero-order chi connectivity index (χ0) is 21.7. The van der Waals surface area contributed by atoms with Gasteiger partial charge in [0.25, 0.3) is 15.9 Å². The molecule has 1 amide bonds. The van der Waals surface area contributed by atoms with Crippen LogP contribution < -0.4 is 15.6 Å². The van der Waals surface area contributed by atoms with Gasteiger partial charge in [-0.2, -0.15) is 0 Å². The number of hydrogen-bond donors (Lipinski definition) is 3. The van der Waals surface area contributed by atoms with Crippen molar-refractivity contribution in [3.05, 3.63) is 100.0 Å². The average molecular weight is 507 g/mol. The zero-order valence-electron chi connectivity index (χ0n) is 15.5. The molecule has 0 aromatic heterocycles. The van der Waals surface area contributed by atoms with E-state index in [2.05, 4.69) is 38.1 Å². The van der Waals surface area contributed by atoms with E-state index in [0.29, 0.717) is 22.0 Å². The lowest BCUT2D eigenvalue weighted by Gasteiger charge is -2.12. The number of anilines is 1. The van der Waals surface area contributed by atoms with Gasteiger partial charge in [-0.05, 0) is 66.2 Å². The van der Waals surface area contributed by atoms with Gasteiger partial charge in [-0.3, -0.25) is 20.4 Å². The molecule has 6 nitrogen and oxygen atoms in total. The Hall–Kier alpha value is -2.81. The Morgan fingerprint density at radius 2 is 1.40 bits per heavy atom. The summed E-state index contributed by atoms with van der Waals surface area (Å²) in [6.07, 6.45) is 0. The van der Waals surface area contributed by atoms with Crippen molar-refractivity contribution in [1.29, 1.82) is 0 Å². The molecule has 0 fully saturated rings. The lowest BCUT2D eigenvalue weighted by atomic mass is 10.2. The Bertz CT molecular complexity index is 1160. The van der Waals surface area contributed by atoms with Crippen LogP contribution in [0.4, 0.5) is 5.69 Å². The monoisotopic (exact) mass is 505 g/mol. The van der Waals surface area contributed by atoms with Gasteiger partial charge >= 0.3 is 0 Å². The van der Waals surface area contributed by atoms with Crippen molar-refractivity contribution in [3.8, 4) is 0 Å². The predicted molar refractivity (Wildman–Crippen MR) is 122 cm³/mol. The third-order valence-electron chi connectivity index (χ3n) is 4.04. The number of amides is 1. The maximum absolute atomic E-state index is 12.4. The van der Waals surface area contributed by atoms with E-state index in [4.69, 9.17) is 11.6 Å². The van der Waals surface area contributed by atoms with Crippen molar-refractivity contribution < 1.29 is 13.2 Å². The second kappa shape index (κ2) is 9.34. The molecule has 0 radical (unpaired) electrons. The summed E-state index contributed by atoms with van der Waals surface area (Å²) in [6, 6.07) is 19.3. The maximum Gasteiger partial charge on any atom is 0.269 e. The first-order valence-electron chi connectivity index (χ1n) is 8.64. The standard InChI is InChI=1S/C21H17BrClN3O3S/c1-14(15-2-8-18(23)9-3-15)24-25-21(27)16-4-10-19(11-5-16)26-30(28,29)20-12-6-17(22)7-13-20/h2-13,24,26H,1H2,(H,25,27). The van der Waals surface area contributed by atoms with Crippen molar-refractivity contribution in [3.63, 3.8) is 0 Å². The molecule has 3 aromatic rings. The van der Waals surface area contributed by atoms with Crippen LogP contribution in [0.5, 0.6) is 0 Å². The van der Waals surface area contributed by atoms with Gasteiger partial charge in [0.2, 0.25) is 0 Å². The first-order chi connectivity index (χ1) is 14.2. The Balaban J connectivity index is 1.60. The molecule has 0 aliphatic rings. The molecular weight excluding hydrogens is 490 g/mol. The Kier molecular flexibility index (Phi) is 6.81. The van der Waals surface area contributed by atoms with E-state index in [-0.39, 0.29) is 4.90 Å². The number of hydrogen-bond acceptors (Lipinski definition) is 4. The van der Waals surface area contributed by atoms with Crippen LogP contribution in [0.3, 0.4) is 0 Å². The lowest BCUT2D eigenvalue weighted by Crippen LogP contribution is -2.35. The summed E-state index contributed by atoms with van der Waals surface area (Å²) in [4.78, 5) is 12.4. The number of rotatable bonds is 7. The Morgan fingerprint density at radius 3 is 2.00 bits per heavy atom. The fraction of sp³-hybridized carbons (Fsp3) is 0. The van der Waals surface area contributed by atoms with Gasteiger partial charge < -0.3 is 0 Å². The second-order valence-electron chi connectivity index (χ2n) is 6.20. The van der Waals surface area contributed by atoms with Crippen molar-refractivity contribution in [1.82, 2.24) is 10.9 Å². The third-order valence-corrected chi connectivity index (χ3v) is 6.22. The Morgan fingerprint density at radius 1 is 0.833 bits per heavy atom. The molecule has 154 valence electrons. The summed E-state index contributed by atoms with van der Waals surface area (Å²) in [7, 11) is -3.72. The molecule has 3 N–H and O–H groups in total. The van der Waals surface area contributed by atoms with E-state index < -0.39 is 15.9 Å². The highest BCUT2D eigenvalue weighted by atomic mass is 79.9. The van der Waals surface area contributed by atoms with E-state index in [9.17, 15) is 13.2 Å². The molecule has 0 aliphatic carbocycles. The van der Waals surface area contributed by atoms with Crippen LogP contribution in [-0.2, 0) is 10.0 Å². The van der Waals surface area contributed by atoms with Gasteiger partial charge in [0.05, 0.1) is 10.6 Å². The number of sulfonamides is 1. The predicted octanol–water partition coefficient (Wildman–Crippen LogP) is 4.81. The van der Waals surface area contributed by atoms with Crippen molar-refractivity contribution in [2.75, 3.05) is 4.72 Å². The van der Waals surface area contributed by atoms with Gasteiger partial charge in [0.15, 0.2) is 0 Å². The fourth-order valence-corrected chi connectivity index (χ4v) is 3.89. The van der Waals surface area contributed by atoms with Gasteiger partial charge in [0.1, 0.15) is 0 Å². The minimum absolute atomic E-state index is 0.137. The molecule has 0 spiro atoms. The summed E-state index contributed by atoms with van der Waals surface area (Å²) in [5.41, 5.74) is 7.25. The maximum atomic E-state index is 12.4. The highest BCUT2D eigenvalue weighted by Crippen LogP contribution is 2.19. The SMILES string of the molecule is C=C(NNC(=O)c1ccc(NS(=O)(=O)c2ccc(Br)cc2)cc1)c1ccc(Cl)cc1. The molecule has 0 saturated carbocycles. The second-order valence-corrected chi connectivity index (χ2v) is 9.24. The average Bonchev–Trinajstić information content (AvgIpc) is 2.73. The van der Waals surface area contributed by atoms with Crippen LogP contribution in [0.1, 0.15) is 15.9 Å². The van der Waals surface area contributed by atoms with Crippen LogP contribution >= 0.6 is 27.5 Å². The van der Waals surface area contributed by atoms with Crippen molar-refractivity contribution >= 4 is 54.8 Å². The minimum Gasteiger partial charge on any atom is -0.298 e. The van der Waals surface area contributed by atoms with Gasteiger partial charge in [-0.15, -0.1) is 0 Å². The van der Waals surface area contributed by atoms with Gasteiger partial charge in [0, 0.05) is 20.7 Å². The van der Waals surface area contributed by atoms with Gasteiger partial charge in [-0.1, -0.05) is 46.2 Å². The van der Waals surface area contributed by atoms with Crippen LogP contribution in [0.25, 0.3) is 5.70 Å². The molecule has 3 rings (SSSR count). The summed E-state index contributed by atoms with van der Waals surface area (Å²) in [5, 5.41) is 0.603. The minimum atomic E-state index is -3.72. The molecule has 0 bridgehead atoms. The number of halogens is 2. The summed E-state index contributed by atoms with van der Waals surface area (Å²) in [5.74, 6) is -0.396. The molecule has 0 saturated heterocycles. The summed E-state index contributed by atoms with van der Waals surface area (Å²) in [6.45, 7) is 3.86. The van der Waals surface area contributed by atoms with Crippen LogP contribution in [0.15, 0.2) is 88.7 Å². The Labute approximate surface area is 188 Å². The normalized spacial score (nSPS) is 10.9. The molecule has 0 unspecified atom stereocenters. The van der Waals surface area contributed by atoms with Crippen LogP contribution in [0, 0.1) is 0 Å². The number of benzene rings is 3. The smallest absolute Gasteiger partial charge is 0.269 e. The van der Waals surface area contributed by atoms with Crippen LogP contribution in [0.2, 0.25) is 5.02 Å². The quantitative estimate of drug-likeness (QED) is 0.401. The molecular formula is C21H17BrClN3O3S. The molecule has 30 heavy (non-hydrogen) atoms. The van der Waals surface area contributed by atoms with Crippen molar-refractivity contribution in [2.45, 2.75) is 4.90 Å². The lowest BCUT2D eigenvalue weighted by molar-refractivity contribution is 0.0942. The van der Waals surface area contributed by atoms with Crippen LogP contribution in [-0.4, -0.2) is 14.3 Å². The van der Waals surface area contributed by atoms with E-state index in [1.54, 1.807) is 36.4 Å². The number of carbonyl (C=O) groups excluding carboxylic acids is 1. The highest BCUT2D eigenvalue weighted by molar-refractivity contribution is 9.10. The van der Waals surface area contributed by atoms with E-state index in [1.165, 1.54) is 36.4 Å². The highest BCUT2D eigenvalue weighted by Gasteiger charge is 2.14. The zero-order valence-corrected chi connectivity index (χ0v) is 18.7. The number of carbonyl (C=O) groups is 1. The van der Waals surface area contributed by atoms with E-state index in [1.807, 2.05) is 0 Å². The summed E-state index contributed by atoms with van der Waals surface area (Å²) >= 11 is 9.12. The number of nitrogens with one attached hydrogen (secondary N) is 3. The molecule has 0 atom stereocenters. The third kappa shape index (κ3) is 5.63. The molecule has 9 heteroatoms. The molecule has 0 heterocycles. The first kappa shape index (κ1) is 21.9.